The van der Waals surface area contributed by atoms with Gasteiger partial charge in [-0.3, -0.25) is 4.79 Å². The molecule has 0 unspecified atom stereocenters. The lowest BCUT2D eigenvalue weighted by Crippen LogP contribution is -2.29. The van der Waals surface area contributed by atoms with Crippen molar-refractivity contribution in [2.45, 2.75) is 32.2 Å². The van der Waals surface area contributed by atoms with E-state index in [-0.39, 0.29) is 12.1 Å². The Balaban J connectivity index is 2.73. The number of carboxylic acid groups (broad SMARTS) is 1. The molecule has 0 saturated carbocycles. The van der Waals surface area contributed by atoms with Gasteiger partial charge in [-0.2, -0.15) is 0 Å². The Morgan fingerprint density at radius 2 is 1.83 bits per heavy atom. The van der Waals surface area contributed by atoms with E-state index in [1.165, 1.54) is 4.57 Å². The van der Waals surface area contributed by atoms with Crippen LogP contribution in [0.4, 0.5) is 18.9 Å². The van der Waals surface area contributed by atoms with E-state index in [0.717, 1.165) is 0 Å². The lowest BCUT2D eigenvalue weighted by molar-refractivity contribution is 0.0693. The highest BCUT2D eigenvalue weighted by atomic mass is 19.2. The molecule has 5 nitrogen and oxygen atoms in total. The van der Waals surface area contributed by atoms with Crippen LogP contribution in [0.5, 0.6) is 0 Å². The van der Waals surface area contributed by atoms with Crippen LogP contribution in [0.3, 0.4) is 0 Å². The highest BCUT2D eigenvalue weighted by Crippen LogP contribution is 2.39. The number of rotatable bonds is 1. The van der Waals surface area contributed by atoms with E-state index >= 15 is 0 Å². The van der Waals surface area contributed by atoms with Crippen LogP contribution in [0.15, 0.2) is 4.79 Å². The number of hydrogen-bond donors (Lipinski definition) is 2. The maximum atomic E-state index is 14.4. The summed E-state index contributed by atoms with van der Waals surface area (Å²) >= 11 is 0. The fourth-order valence-corrected chi connectivity index (χ4v) is 3.27. The van der Waals surface area contributed by atoms with E-state index in [9.17, 15) is 27.9 Å². The zero-order valence-corrected chi connectivity index (χ0v) is 12.3. The summed E-state index contributed by atoms with van der Waals surface area (Å²) in [4.78, 5) is 23.9. The first kappa shape index (κ1) is 15.4. The van der Waals surface area contributed by atoms with Gasteiger partial charge in [0.05, 0.1) is 16.6 Å². The molecule has 8 heteroatoms. The summed E-state index contributed by atoms with van der Waals surface area (Å²) in [7, 11) is 0. The van der Waals surface area contributed by atoms with Gasteiger partial charge in [-0.1, -0.05) is 0 Å². The maximum absolute atomic E-state index is 14.4. The first-order valence-electron chi connectivity index (χ1n) is 6.87. The number of pyridine rings is 1. The Morgan fingerprint density at radius 1 is 1.22 bits per heavy atom. The van der Waals surface area contributed by atoms with E-state index < -0.39 is 56.5 Å². The standard InChI is InChI=1S/C15H13F3N2O3/c1-15(2)4-3-5-6(14(22)23)13(21)7-11(19)9(17)8(16)10(18)12(7)20(5)15/h3-4,19H2,1-2H3,(H,22,23). The monoisotopic (exact) mass is 326 g/mol. The summed E-state index contributed by atoms with van der Waals surface area (Å²) in [6.07, 6.45) is 0.627. The van der Waals surface area contributed by atoms with E-state index in [2.05, 4.69) is 0 Å². The molecule has 0 bridgehead atoms. The van der Waals surface area contributed by atoms with Gasteiger partial charge in [0, 0.05) is 11.2 Å². The number of halogens is 3. The van der Waals surface area contributed by atoms with Gasteiger partial charge in [0.1, 0.15) is 5.56 Å². The van der Waals surface area contributed by atoms with Gasteiger partial charge in [-0.15, -0.1) is 0 Å². The zero-order chi connectivity index (χ0) is 17.3. The second kappa shape index (κ2) is 4.50. The van der Waals surface area contributed by atoms with Crippen LogP contribution in [0.2, 0.25) is 0 Å². The van der Waals surface area contributed by atoms with Crippen LogP contribution >= 0.6 is 0 Å². The molecule has 2 aromatic rings. The summed E-state index contributed by atoms with van der Waals surface area (Å²) in [6.45, 7) is 3.38. The van der Waals surface area contributed by atoms with Crippen molar-refractivity contribution >= 4 is 22.6 Å². The van der Waals surface area contributed by atoms with Crippen molar-refractivity contribution in [3.05, 3.63) is 38.9 Å². The van der Waals surface area contributed by atoms with Gasteiger partial charge in [-0.05, 0) is 26.7 Å². The Kier molecular flexibility index (Phi) is 3.01. The third kappa shape index (κ3) is 1.80. The number of anilines is 1. The lowest BCUT2D eigenvalue weighted by Gasteiger charge is -2.26. The van der Waals surface area contributed by atoms with Crippen molar-refractivity contribution < 1.29 is 23.1 Å². The van der Waals surface area contributed by atoms with Gasteiger partial charge in [-0.25, -0.2) is 18.0 Å². The fourth-order valence-electron chi connectivity index (χ4n) is 3.27. The van der Waals surface area contributed by atoms with Crippen molar-refractivity contribution in [1.82, 2.24) is 4.57 Å². The molecular formula is C15H13F3N2O3. The minimum atomic E-state index is -1.78. The molecule has 0 atom stereocenters. The molecule has 122 valence electrons. The molecule has 0 saturated heterocycles. The lowest BCUT2D eigenvalue weighted by atomic mass is 10.0. The van der Waals surface area contributed by atoms with Gasteiger partial charge in [0.2, 0.25) is 5.43 Å². The molecule has 1 aromatic carbocycles. The maximum Gasteiger partial charge on any atom is 0.341 e. The van der Waals surface area contributed by atoms with Crippen LogP contribution in [0.25, 0.3) is 10.9 Å². The Bertz CT molecular complexity index is 948. The fraction of sp³-hybridized carbons (Fsp3) is 0.333. The number of aromatic carboxylic acids is 1. The molecular weight excluding hydrogens is 313 g/mol. The number of aromatic nitrogens is 1. The normalized spacial score (nSPS) is 15.9. The number of nitrogens with two attached hydrogens (primary N) is 1. The number of benzene rings is 1. The smallest absolute Gasteiger partial charge is 0.341 e. The SMILES string of the molecule is CC1(C)CCc2c(C(=O)O)c(=O)c3c(N)c(F)c(F)c(F)c3n21. The quantitative estimate of drug-likeness (QED) is 0.622. The Hall–Kier alpha value is -2.51. The summed E-state index contributed by atoms with van der Waals surface area (Å²) < 4.78 is 43.1. The summed E-state index contributed by atoms with van der Waals surface area (Å²) in [5.41, 5.74) is 1.70. The third-order valence-corrected chi connectivity index (χ3v) is 4.36. The average Bonchev–Trinajstić information content (AvgIpc) is 2.76. The number of hydrogen-bond acceptors (Lipinski definition) is 3. The first-order chi connectivity index (χ1) is 10.6. The summed E-state index contributed by atoms with van der Waals surface area (Å²) in [5.74, 6) is -6.53. The molecule has 1 aliphatic heterocycles. The van der Waals surface area contributed by atoms with Crippen molar-refractivity contribution in [2.24, 2.45) is 0 Å². The second-order valence-corrected chi connectivity index (χ2v) is 6.18. The summed E-state index contributed by atoms with van der Waals surface area (Å²) in [6, 6.07) is 0. The molecule has 1 aliphatic rings. The molecule has 0 fully saturated rings. The number of fused-ring (bicyclic) bond motifs is 3. The van der Waals surface area contributed by atoms with E-state index in [1.54, 1.807) is 13.8 Å². The average molecular weight is 326 g/mol. The number of nitrogen functional groups attached to an aromatic ring is 1. The minimum absolute atomic E-state index is 0.0873. The Labute approximate surface area is 128 Å². The van der Waals surface area contributed by atoms with Crippen molar-refractivity contribution in [3.63, 3.8) is 0 Å². The van der Waals surface area contributed by atoms with Gasteiger partial charge in [0.25, 0.3) is 0 Å². The van der Waals surface area contributed by atoms with Gasteiger partial charge >= 0.3 is 5.97 Å². The molecule has 3 rings (SSSR count). The van der Waals surface area contributed by atoms with Crippen LogP contribution in [0, 0.1) is 17.5 Å². The second-order valence-electron chi connectivity index (χ2n) is 6.18. The molecule has 3 N–H and O–H groups in total. The van der Waals surface area contributed by atoms with Crippen LogP contribution in [-0.2, 0) is 12.0 Å². The number of carboxylic acids is 1. The van der Waals surface area contributed by atoms with Crippen molar-refractivity contribution in [1.29, 1.82) is 0 Å². The molecule has 23 heavy (non-hydrogen) atoms. The van der Waals surface area contributed by atoms with Crippen LogP contribution in [0.1, 0.15) is 36.3 Å². The molecule has 0 aliphatic carbocycles. The number of nitrogens with zero attached hydrogens (tertiary/aromatic N) is 1. The largest absolute Gasteiger partial charge is 0.477 e. The predicted molar refractivity (Wildman–Crippen MR) is 77.1 cm³/mol. The molecule has 0 spiro atoms. The Morgan fingerprint density at radius 3 is 2.39 bits per heavy atom. The molecule has 0 radical (unpaired) electrons. The van der Waals surface area contributed by atoms with Gasteiger partial charge < -0.3 is 15.4 Å². The topological polar surface area (TPSA) is 85.3 Å². The summed E-state index contributed by atoms with van der Waals surface area (Å²) in [5, 5.41) is 8.69. The molecule has 2 heterocycles. The van der Waals surface area contributed by atoms with Gasteiger partial charge in [0.15, 0.2) is 17.5 Å². The van der Waals surface area contributed by atoms with Crippen LogP contribution in [-0.4, -0.2) is 15.6 Å². The van der Waals surface area contributed by atoms with E-state index in [0.29, 0.717) is 6.42 Å². The van der Waals surface area contributed by atoms with E-state index in [4.69, 9.17) is 5.73 Å². The molecule has 0 amide bonds. The van der Waals surface area contributed by atoms with Crippen molar-refractivity contribution in [3.8, 4) is 0 Å². The minimum Gasteiger partial charge on any atom is -0.477 e. The molecule has 1 aromatic heterocycles. The van der Waals surface area contributed by atoms with E-state index in [1.807, 2.05) is 0 Å². The third-order valence-electron chi connectivity index (χ3n) is 4.36. The van der Waals surface area contributed by atoms with Crippen LogP contribution < -0.4 is 11.2 Å². The first-order valence-corrected chi connectivity index (χ1v) is 6.87. The predicted octanol–water partition coefficient (Wildman–Crippen LogP) is 2.38. The number of carbonyl (C=O) groups is 1. The van der Waals surface area contributed by atoms with Crippen molar-refractivity contribution in [2.75, 3.05) is 5.73 Å². The zero-order valence-electron chi connectivity index (χ0n) is 12.3. The highest BCUT2D eigenvalue weighted by molar-refractivity contribution is 5.99. The highest BCUT2D eigenvalue weighted by Gasteiger charge is 2.38.